The summed E-state index contributed by atoms with van der Waals surface area (Å²) in [5, 5.41) is 2.92. The molecule has 0 saturated carbocycles. The van der Waals surface area contributed by atoms with Crippen LogP contribution in [0.5, 0.6) is 11.5 Å². The molecule has 1 amide bonds. The van der Waals surface area contributed by atoms with E-state index in [-0.39, 0.29) is 18.6 Å². The van der Waals surface area contributed by atoms with Crippen LogP contribution in [0.3, 0.4) is 0 Å². The first-order valence-electron chi connectivity index (χ1n) is 6.70. The number of amides is 1. The van der Waals surface area contributed by atoms with Gasteiger partial charge in [-0.25, -0.2) is 0 Å². The first kappa shape index (κ1) is 12.7. The maximum Gasteiger partial charge on any atom is 0.231 e. The Morgan fingerprint density at radius 1 is 1.10 bits per heavy atom. The van der Waals surface area contributed by atoms with Crippen LogP contribution in [0, 0.1) is 0 Å². The van der Waals surface area contributed by atoms with Gasteiger partial charge in [-0.15, -0.1) is 0 Å². The molecule has 0 saturated heterocycles. The number of rotatable bonds is 1. The minimum absolute atomic E-state index is 0.0128. The summed E-state index contributed by atoms with van der Waals surface area (Å²) in [5.74, 6) is 1.45. The first-order valence-corrected chi connectivity index (χ1v) is 7.49. The second-order valence-corrected chi connectivity index (χ2v) is 5.97. The largest absolute Gasteiger partial charge is 0.454 e. The number of hydrogen-bond donors (Lipinski definition) is 1. The molecule has 2 aromatic carbocycles. The third-order valence-electron chi connectivity index (χ3n) is 3.86. The predicted octanol–water partition coefficient (Wildman–Crippen LogP) is 3.65. The van der Waals surface area contributed by atoms with Gasteiger partial charge in [0.25, 0.3) is 0 Å². The van der Waals surface area contributed by atoms with Crippen molar-refractivity contribution >= 4 is 27.5 Å². The number of benzene rings is 2. The Labute approximate surface area is 130 Å². The number of carbonyl (C=O) groups excluding carboxylic acids is 1. The molecule has 1 N–H and O–H groups in total. The summed E-state index contributed by atoms with van der Waals surface area (Å²) >= 11 is 3.58. The highest BCUT2D eigenvalue weighted by atomic mass is 79.9. The van der Waals surface area contributed by atoms with E-state index in [0.717, 1.165) is 27.0 Å². The van der Waals surface area contributed by atoms with Crippen LogP contribution in [0.2, 0.25) is 0 Å². The third kappa shape index (κ3) is 2.08. The van der Waals surface area contributed by atoms with Gasteiger partial charge in [-0.05, 0) is 23.3 Å². The molecular formula is C16H12BrNO3. The number of fused-ring (bicyclic) bond motifs is 2. The van der Waals surface area contributed by atoms with Crippen LogP contribution in [0.25, 0.3) is 0 Å². The zero-order chi connectivity index (χ0) is 14.4. The Morgan fingerprint density at radius 2 is 1.86 bits per heavy atom. The topological polar surface area (TPSA) is 47.6 Å². The van der Waals surface area contributed by atoms with E-state index in [1.54, 1.807) is 0 Å². The fraction of sp³-hybridized carbons (Fsp3) is 0.188. The van der Waals surface area contributed by atoms with Crippen LogP contribution < -0.4 is 14.8 Å². The van der Waals surface area contributed by atoms with Gasteiger partial charge in [0.15, 0.2) is 11.5 Å². The highest BCUT2D eigenvalue weighted by Crippen LogP contribution is 2.45. The van der Waals surface area contributed by atoms with E-state index in [2.05, 4.69) is 21.2 Å². The molecule has 5 heteroatoms. The molecule has 4 nitrogen and oxygen atoms in total. The van der Waals surface area contributed by atoms with E-state index in [4.69, 9.17) is 9.47 Å². The van der Waals surface area contributed by atoms with Gasteiger partial charge in [-0.1, -0.05) is 34.1 Å². The van der Waals surface area contributed by atoms with E-state index >= 15 is 0 Å². The molecule has 0 spiro atoms. The van der Waals surface area contributed by atoms with E-state index in [0.29, 0.717) is 12.2 Å². The van der Waals surface area contributed by atoms with Crippen LogP contribution >= 0.6 is 15.9 Å². The highest BCUT2D eigenvalue weighted by molar-refractivity contribution is 9.10. The van der Waals surface area contributed by atoms with Gasteiger partial charge in [-0.2, -0.15) is 0 Å². The summed E-state index contributed by atoms with van der Waals surface area (Å²) in [5.41, 5.74) is 2.97. The minimum Gasteiger partial charge on any atom is -0.454 e. The van der Waals surface area contributed by atoms with Crippen molar-refractivity contribution in [1.82, 2.24) is 0 Å². The molecule has 0 fully saturated rings. The van der Waals surface area contributed by atoms with Crippen molar-refractivity contribution in [2.45, 2.75) is 12.3 Å². The molecule has 0 aromatic heterocycles. The maximum absolute atomic E-state index is 12.0. The highest BCUT2D eigenvalue weighted by Gasteiger charge is 2.30. The summed E-state index contributed by atoms with van der Waals surface area (Å²) in [7, 11) is 0. The summed E-state index contributed by atoms with van der Waals surface area (Å²) in [6, 6.07) is 11.8. The van der Waals surface area contributed by atoms with Crippen molar-refractivity contribution in [3.05, 3.63) is 52.0 Å². The molecule has 0 unspecified atom stereocenters. The standard InChI is InChI=1S/C16H12BrNO3/c17-12-4-2-1-3-9(12)10-6-16(19)18-13-7-15-14(5-11(10)13)20-8-21-15/h1-5,7,10H,6,8H2,(H,18,19)/t10-/m1/s1. The van der Waals surface area contributed by atoms with Crippen molar-refractivity contribution in [2.75, 3.05) is 12.1 Å². The Bertz CT molecular complexity index is 744. The van der Waals surface area contributed by atoms with Crippen molar-refractivity contribution in [3.63, 3.8) is 0 Å². The lowest BCUT2D eigenvalue weighted by atomic mass is 9.84. The van der Waals surface area contributed by atoms with Crippen LogP contribution in [-0.2, 0) is 4.79 Å². The summed E-state index contributed by atoms with van der Waals surface area (Å²) < 4.78 is 11.8. The molecule has 4 rings (SSSR count). The van der Waals surface area contributed by atoms with E-state index in [9.17, 15) is 4.79 Å². The third-order valence-corrected chi connectivity index (χ3v) is 4.59. The van der Waals surface area contributed by atoms with Gasteiger partial charge in [0.2, 0.25) is 12.7 Å². The molecule has 2 aliphatic rings. The van der Waals surface area contributed by atoms with Gasteiger partial charge in [-0.3, -0.25) is 4.79 Å². The molecule has 1 atom stereocenters. The van der Waals surface area contributed by atoms with Gasteiger partial charge < -0.3 is 14.8 Å². The fourth-order valence-corrected chi connectivity index (χ4v) is 3.45. The lowest BCUT2D eigenvalue weighted by Gasteiger charge is -2.27. The molecule has 0 radical (unpaired) electrons. The lowest BCUT2D eigenvalue weighted by Crippen LogP contribution is -2.23. The van der Waals surface area contributed by atoms with E-state index in [1.165, 1.54) is 0 Å². The molecule has 21 heavy (non-hydrogen) atoms. The quantitative estimate of drug-likeness (QED) is 0.857. The SMILES string of the molecule is O=C1C[C@H](c2ccccc2Br)c2cc3c(cc2N1)OCO3. The van der Waals surface area contributed by atoms with Gasteiger partial charge in [0.05, 0.1) is 0 Å². The van der Waals surface area contributed by atoms with Gasteiger partial charge >= 0.3 is 0 Å². The Hall–Kier alpha value is -2.01. The molecular weight excluding hydrogens is 334 g/mol. The second kappa shape index (κ2) is 4.77. The van der Waals surface area contributed by atoms with Crippen LogP contribution in [-0.4, -0.2) is 12.7 Å². The van der Waals surface area contributed by atoms with Crippen LogP contribution in [0.4, 0.5) is 5.69 Å². The first-order chi connectivity index (χ1) is 10.2. The molecule has 2 heterocycles. The normalized spacial score (nSPS) is 19.1. The summed E-state index contributed by atoms with van der Waals surface area (Å²) in [6.45, 7) is 0.228. The average Bonchev–Trinajstić information content (AvgIpc) is 2.92. The zero-order valence-electron chi connectivity index (χ0n) is 11.1. The minimum atomic E-state index is 0.0128. The van der Waals surface area contributed by atoms with Crippen molar-refractivity contribution in [3.8, 4) is 11.5 Å². The van der Waals surface area contributed by atoms with Crippen molar-refractivity contribution < 1.29 is 14.3 Å². The number of anilines is 1. The van der Waals surface area contributed by atoms with Crippen molar-refractivity contribution in [2.24, 2.45) is 0 Å². The monoisotopic (exact) mass is 345 g/mol. The second-order valence-electron chi connectivity index (χ2n) is 5.12. The number of nitrogens with one attached hydrogen (secondary N) is 1. The van der Waals surface area contributed by atoms with Gasteiger partial charge in [0, 0.05) is 28.6 Å². The number of halogens is 1. The number of hydrogen-bond acceptors (Lipinski definition) is 3. The zero-order valence-corrected chi connectivity index (χ0v) is 12.6. The van der Waals surface area contributed by atoms with Crippen LogP contribution in [0.1, 0.15) is 23.5 Å². The summed E-state index contributed by atoms with van der Waals surface area (Å²) in [4.78, 5) is 12.0. The van der Waals surface area contributed by atoms with Gasteiger partial charge in [0.1, 0.15) is 0 Å². The molecule has 2 aromatic rings. The average molecular weight is 346 g/mol. The number of ether oxygens (including phenoxy) is 2. The van der Waals surface area contributed by atoms with E-state index in [1.807, 2.05) is 36.4 Å². The Kier molecular flexibility index (Phi) is 2.89. The Balaban J connectivity index is 1.88. The maximum atomic E-state index is 12.0. The molecule has 0 bridgehead atoms. The fourth-order valence-electron chi connectivity index (χ4n) is 2.89. The molecule has 0 aliphatic carbocycles. The predicted molar refractivity (Wildman–Crippen MR) is 81.8 cm³/mol. The van der Waals surface area contributed by atoms with Crippen molar-refractivity contribution in [1.29, 1.82) is 0 Å². The lowest BCUT2D eigenvalue weighted by molar-refractivity contribution is -0.116. The molecule has 2 aliphatic heterocycles. The summed E-state index contributed by atoms with van der Waals surface area (Å²) in [6.07, 6.45) is 0.426. The van der Waals surface area contributed by atoms with Crippen LogP contribution in [0.15, 0.2) is 40.9 Å². The smallest absolute Gasteiger partial charge is 0.231 e. The number of carbonyl (C=O) groups is 1. The van der Waals surface area contributed by atoms with E-state index < -0.39 is 0 Å². The molecule has 106 valence electrons. The Morgan fingerprint density at radius 3 is 2.67 bits per heavy atom.